The lowest BCUT2D eigenvalue weighted by Crippen LogP contribution is -2.60. The first-order valence-electron chi connectivity index (χ1n) is 28.2. The Morgan fingerprint density at radius 3 is 1.43 bits per heavy atom. The summed E-state index contributed by atoms with van der Waals surface area (Å²) in [5, 5.41) is 122. The lowest BCUT2D eigenvalue weighted by Gasteiger charge is -2.46. The van der Waals surface area contributed by atoms with Gasteiger partial charge in [-0.2, -0.15) is 0 Å². The van der Waals surface area contributed by atoms with Crippen LogP contribution in [0.25, 0.3) is 0 Å². The number of aliphatic hydroxyl groups excluding tert-OH is 11. The molecule has 16 unspecified atom stereocenters. The molecule has 0 aromatic rings. The van der Waals surface area contributed by atoms with Crippen LogP contribution in [0, 0.1) is 35.5 Å². The zero-order chi connectivity index (χ0) is 59.3. The molecule has 0 saturated carbocycles. The van der Waals surface area contributed by atoms with Gasteiger partial charge >= 0.3 is 5.97 Å². The van der Waals surface area contributed by atoms with Gasteiger partial charge in [-0.25, -0.2) is 19.6 Å². The van der Waals surface area contributed by atoms with E-state index >= 15 is 0 Å². The fraction of sp³-hybridized carbons (Fsp3) is 0.981. The van der Waals surface area contributed by atoms with Gasteiger partial charge in [0.05, 0.1) is 160 Å². The summed E-state index contributed by atoms with van der Waals surface area (Å²) in [6.07, 6.45) is -22.3. The third kappa shape index (κ3) is 18.0. The number of carbonyl (C=O) groups excluding carboxylic acids is 1. The van der Waals surface area contributed by atoms with Crippen molar-refractivity contribution in [2.75, 3.05) is 107 Å². The number of rotatable bonds is 31. The fourth-order valence-electron chi connectivity index (χ4n) is 11.8. The van der Waals surface area contributed by atoms with Crippen LogP contribution in [0.3, 0.4) is 0 Å². The Hall–Kier alpha value is -1.57. The molecule has 28 nitrogen and oxygen atoms in total. The number of ether oxygens (including phenoxy) is 12. The first kappa shape index (κ1) is 68.5. The molecule has 0 amide bonds. The molecule has 28 heteroatoms. The van der Waals surface area contributed by atoms with E-state index < -0.39 is 183 Å². The first-order chi connectivity index (χ1) is 38.6. The zero-order valence-electron chi connectivity index (χ0n) is 47.8. The highest BCUT2D eigenvalue weighted by atomic mass is 17.2. The highest BCUT2D eigenvalue weighted by Crippen LogP contribution is 2.40. The molecular formula is C53H94O28. The second-order valence-corrected chi connectivity index (χ2v) is 23.2. The predicted molar refractivity (Wildman–Crippen MR) is 273 cm³/mol. The average Bonchev–Trinajstić information content (AvgIpc) is 3.95. The Bertz CT molecular complexity index is 1810. The Labute approximate surface area is 472 Å². The SMILES string of the molecule is COOCC1O[C@@H](COCC2C(O)[C@H](O)C(COC(C)=O)O[C@@H]2COCC2C(O)[C@H](COC[C@@H]3C(CO)O[C@@H](CC(C)C)C(O)C3O)OC(CO)[C@H]2COC(C)C)C(O)C(O)[C@@H]1COC[C@@H]1OC2CC(C)(COOC)O[C@H]2C(O)C1O. The van der Waals surface area contributed by atoms with Crippen LogP contribution < -0.4 is 0 Å². The van der Waals surface area contributed by atoms with Gasteiger partial charge in [0.15, 0.2) is 0 Å². The van der Waals surface area contributed by atoms with Crippen LogP contribution in [-0.4, -0.2) is 303 Å². The molecule has 0 aromatic carbocycles. The van der Waals surface area contributed by atoms with E-state index in [1.165, 1.54) is 21.1 Å². The monoisotopic (exact) mass is 1180 g/mol. The molecule has 6 fully saturated rings. The number of hydrogen-bond acceptors (Lipinski definition) is 28. The normalized spacial score (nSPS) is 43.0. The number of carbonyl (C=O) groups is 1. The Kier molecular flexibility index (Phi) is 27.4. The predicted octanol–water partition coefficient (Wildman–Crippen LogP) is -4.06. The maximum atomic E-state index is 11.9. The van der Waals surface area contributed by atoms with Crippen molar-refractivity contribution in [3.8, 4) is 0 Å². The van der Waals surface area contributed by atoms with E-state index in [4.69, 9.17) is 76.4 Å². The van der Waals surface area contributed by atoms with Crippen molar-refractivity contribution in [2.24, 2.45) is 35.5 Å². The van der Waals surface area contributed by atoms with Crippen LogP contribution in [0.15, 0.2) is 0 Å². The summed E-state index contributed by atoms with van der Waals surface area (Å²) < 4.78 is 72.1. The van der Waals surface area contributed by atoms with Crippen molar-refractivity contribution in [1.29, 1.82) is 0 Å². The van der Waals surface area contributed by atoms with E-state index in [2.05, 4.69) is 0 Å². The lowest BCUT2D eigenvalue weighted by molar-refractivity contribution is -0.313. The van der Waals surface area contributed by atoms with E-state index in [1.54, 1.807) is 6.92 Å². The molecule has 6 aliphatic heterocycles. The highest BCUT2D eigenvalue weighted by molar-refractivity contribution is 5.65. The van der Waals surface area contributed by atoms with Crippen molar-refractivity contribution < 1.29 is 137 Å². The van der Waals surface area contributed by atoms with Crippen LogP contribution >= 0.6 is 0 Å². The first-order valence-corrected chi connectivity index (χ1v) is 28.2. The van der Waals surface area contributed by atoms with Gasteiger partial charge in [0.2, 0.25) is 0 Å². The molecule has 11 N–H and O–H groups in total. The van der Waals surface area contributed by atoms with Crippen LogP contribution in [0.4, 0.5) is 0 Å². The van der Waals surface area contributed by atoms with Crippen LogP contribution in [0.1, 0.15) is 54.4 Å². The second-order valence-electron chi connectivity index (χ2n) is 23.2. The summed E-state index contributed by atoms with van der Waals surface area (Å²) in [6.45, 7) is 7.07. The number of aliphatic hydroxyl groups is 11. The molecule has 0 aliphatic carbocycles. The molecule has 6 saturated heterocycles. The Balaban J connectivity index is 1.08. The maximum absolute atomic E-state index is 11.9. The average molecular weight is 1180 g/mol. The number of esters is 1. The summed E-state index contributed by atoms with van der Waals surface area (Å²) in [7, 11) is 2.64. The van der Waals surface area contributed by atoms with Gasteiger partial charge in [0, 0.05) is 42.9 Å². The van der Waals surface area contributed by atoms with Gasteiger partial charge in [0.1, 0.15) is 80.9 Å². The standard InChI is InChI=1S/C53H94O28/c1-25(2)9-33-47(61)44(58)30(36(12-55)76-33)14-69-19-39-43(57)29(28(17-72-26(3)4)35(11-54)78-39)13-68-18-37-31(45(59)49(63)42(79-37)22-73-27(5)56)15-70-20-40-48(62)46(60)32(38(80-40)23-74-66-7)16-71-21-41-50(64)51(65)52-34(77-41)10-53(6,81-52)24-75-67-8/h25-26,28-52,54-55,57-65H,9-24H2,1-8H3/t28-,29?,30+,31?,32+,33-,34?,35?,36?,37+,38?,39-,40-,41-,42?,43?,44?,45?,46?,47?,48?,49+,50?,51?,52+,53?/m0/s1. The second kappa shape index (κ2) is 32.4. The molecule has 26 atom stereocenters. The maximum Gasteiger partial charge on any atom is 0.302 e. The number of fused-ring (bicyclic) bond motifs is 1. The quantitative estimate of drug-likeness (QED) is 0.0179. The molecule has 6 heterocycles. The van der Waals surface area contributed by atoms with E-state index in [-0.39, 0.29) is 84.7 Å². The van der Waals surface area contributed by atoms with Gasteiger partial charge < -0.3 is 113 Å². The largest absolute Gasteiger partial charge is 0.463 e. The van der Waals surface area contributed by atoms with Crippen LogP contribution in [0.5, 0.6) is 0 Å². The van der Waals surface area contributed by atoms with Gasteiger partial charge in [-0.1, -0.05) is 13.8 Å². The summed E-state index contributed by atoms with van der Waals surface area (Å²) in [5.41, 5.74) is -0.856. The zero-order valence-corrected chi connectivity index (χ0v) is 47.8. The summed E-state index contributed by atoms with van der Waals surface area (Å²) in [4.78, 5) is 31.6. The van der Waals surface area contributed by atoms with Crippen molar-refractivity contribution in [1.82, 2.24) is 0 Å². The van der Waals surface area contributed by atoms with Crippen molar-refractivity contribution in [3.63, 3.8) is 0 Å². The van der Waals surface area contributed by atoms with Gasteiger partial charge in [-0.05, 0) is 33.1 Å². The molecule has 6 rings (SSSR count). The summed E-state index contributed by atoms with van der Waals surface area (Å²) >= 11 is 0. The van der Waals surface area contributed by atoms with E-state index in [0.29, 0.717) is 12.8 Å². The van der Waals surface area contributed by atoms with E-state index in [0.717, 1.165) is 0 Å². The summed E-state index contributed by atoms with van der Waals surface area (Å²) in [6, 6.07) is 0. The smallest absolute Gasteiger partial charge is 0.302 e. The molecular weight excluding hydrogens is 1080 g/mol. The lowest BCUT2D eigenvalue weighted by atomic mass is 9.79. The van der Waals surface area contributed by atoms with Crippen molar-refractivity contribution in [3.05, 3.63) is 0 Å². The molecule has 6 aliphatic rings. The van der Waals surface area contributed by atoms with Gasteiger partial charge in [-0.3, -0.25) is 4.79 Å². The van der Waals surface area contributed by atoms with Gasteiger partial charge in [-0.15, -0.1) is 0 Å². The minimum Gasteiger partial charge on any atom is -0.463 e. The van der Waals surface area contributed by atoms with Crippen molar-refractivity contribution >= 4 is 5.97 Å². The van der Waals surface area contributed by atoms with Gasteiger partial charge in [0.25, 0.3) is 0 Å². The molecule has 0 spiro atoms. The third-order valence-electron chi connectivity index (χ3n) is 16.4. The summed E-state index contributed by atoms with van der Waals surface area (Å²) in [5.74, 6) is -4.67. The molecule has 81 heavy (non-hydrogen) atoms. The fourth-order valence-corrected chi connectivity index (χ4v) is 11.8. The Morgan fingerprint density at radius 1 is 0.481 bits per heavy atom. The van der Waals surface area contributed by atoms with E-state index in [9.17, 15) is 61.0 Å². The Morgan fingerprint density at radius 2 is 0.914 bits per heavy atom. The van der Waals surface area contributed by atoms with E-state index in [1.807, 2.05) is 27.7 Å². The minimum atomic E-state index is -1.57. The topological polar surface area (TPSA) is 387 Å². The van der Waals surface area contributed by atoms with Crippen molar-refractivity contribution in [2.45, 2.75) is 188 Å². The molecule has 0 radical (unpaired) electrons. The highest BCUT2D eigenvalue weighted by Gasteiger charge is 2.55. The molecule has 474 valence electrons. The third-order valence-corrected chi connectivity index (χ3v) is 16.4. The molecule has 0 bridgehead atoms. The molecule has 0 aromatic heterocycles. The van der Waals surface area contributed by atoms with Crippen LogP contribution in [0.2, 0.25) is 0 Å². The number of hydrogen-bond donors (Lipinski definition) is 11. The van der Waals surface area contributed by atoms with Crippen LogP contribution in [-0.2, 0) is 81.2 Å². The minimum absolute atomic E-state index is 0.0523.